The number of carbonyl (C=O) groups excluding carboxylic acids is 2. The molecule has 1 aromatic heterocycles. The summed E-state index contributed by atoms with van der Waals surface area (Å²) in [5.74, 6) is -1.09. The fourth-order valence-electron chi connectivity index (χ4n) is 1.50. The first-order valence-electron chi connectivity index (χ1n) is 4.35. The van der Waals surface area contributed by atoms with Gasteiger partial charge in [0.25, 0.3) is 11.8 Å². The average molecular weight is 207 g/mol. The second-order valence-electron chi connectivity index (χ2n) is 3.05. The third kappa shape index (κ3) is 1.13. The van der Waals surface area contributed by atoms with Crippen LogP contribution in [0, 0.1) is 0 Å². The van der Waals surface area contributed by atoms with E-state index in [1.165, 1.54) is 0 Å². The zero-order valence-electron chi connectivity index (χ0n) is 8.02. The second kappa shape index (κ2) is 2.91. The molecule has 2 heterocycles. The standard InChI is InChI=1S/C8H9N5O2/c1-2-13-6(14)3-4(7(13)15)11-8(10)12-5(3)9/h2H2,1H3,(H4,9,10,11,12). The molecule has 0 fully saturated rings. The van der Waals surface area contributed by atoms with Gasteiger partial charge in [0.1, 0.15) is 17.1 Å². The molecule has 0 unspecified atom stereocenters. The van der Waals surface area contributed by atoms with Gasteiger partial charge >= 0.3 is 0 Å². The van der Waals surface area contributed by atoms with Crippen molar-refractivity contribution in [2.75, 3.05) is 18.0 Å². The second-order valence-corrected chi connectivity index (χ2v) is 3.05. The molecule has 0 atom stereocenters. The number of fused-ring (bicyclic) bond motifs is 1. The van der Waals surface area contributed by atoms with E-state index in [0.717, 1.165) is 4.90 Å². The van der Waals surface area contributed by atoms with E-state index in [2.05, 4.69) is 9.97 Å². The number of nitrogens with zero attached hydrogens (tertiary/aromatic N) is 3. The lowest BCUT2D eigenvalue weighted by atomic mass is 10.2. The molecule has 2 amide bonds. The Labute approximate surface area is 85.1 Å². The molecule has 1 aliphatic heterocycles. The number of amides is 2. The number of carbonyl (C=O) groups is 2. The summed E-state index contributed by atoms with van der Waals surface area (Å²) in [5, 5.41) is 0. The molecule has 78 valence electrons. The van der Waals surface area contributed by atoms with Crippen LogP contribution >= 0.6 is 0 Å². The van der Waals surface area contributed by atoms with Gasteiger partial charge in [-0.25, -0.2) is 4.98 Å². The van der Waals surface area contributed by atoms with Crippen molar-refractivity contribution in [3.05, 3.63) is 11.3 Å². The first kappa shape index (κ1) is 9.38. The number of rotatable bonds is 1. The van der Waals surface area contributed by atoms with Crippen LogP contribution in [0.1, 0.15) is 27.8 Å². The van der Waals surface area contributed by atoms with Gasteiger partial charge < -0.3 is 11.5 Å². The largest absolute Gasteiger partial charge is 0.383 e. The Morgan fingerprint density at radius 3 is 2.47 bits per heavy atom. The van der Waals surface area contributed by atoms with Crippen molar-refractivity contribution in [3.8, 4) is 0 Å². The van der Waals surface area contributed by atoms with Crippen LogP contribution in [-0.2, 0) is 0 Å². The minimum absolute atomic E-state index is 0.00755. The van der Waals surface area contributed by atoms with Crippen molar-refractivity contribution in [1.29, 1.82) is 0 Å². The number of hydrogen-bond acceptors (Lipinski definition) is 6. The summed E-state index contributed by atoms with van der Waals surface area (Å²) < 4.78 is 0. The van der Waals surface area contributed by atoms with Crippen LogP contribution < -0.4 is 11.5 Å². The highest BCUT2D eigenvalue weighted by Crippen LogP contribution is 2.25. The van der Waals surface area contributed by atoms with E-state index >= 15 is 0 Å². The molecule has 0 bridgehead atoms. The highest BCUT2D eigenvalue weighted by Gasteiger charge is 2.38. The minimum atomic E-state index is -0.474. The van der Waals surface area contributed by atoms with Crippen LogP contribution in [0.25, 0.3) is 0 Å². The number of aromatic nitrogens is 2. The van der Waals surface area contributed by atoms with Crippen LogP contribution in [0.4, 0.5) is 11.8 Å². The molecule has 1 aliphatic rings. The van der Waals surface area contributed by atoms with Gasteiger partial charge in [0.05, 0.1) is 0 Å². The van der Waals surface area contributed by atoms with E-state index in [1.807, 2.05) is 0 Å². The van der Waals surface area contributed by atoms with Crippen molar-refractivity contribution in [1.82, 2.24) is 14.9 Å². The number of nitrogen functional groups attached to an aromatic ring is 2. The number of hydrogen-bond donors (Lipinski definition) is 2. The predicted octanol–water partition coefficient (Wildman–Crippen LogP) is -0.743. The van der Waals surface area contributed by atoms with Gasteiger partial charge in [-0.15, -0.1) is 0 Å². The molecular formula is C8H9N5O2. The summed E-state index contributed by atoms with van der Waals surface area (Å²) in [7, 11) is 0. The Balaban J connectivity index is 2.67. The quantitative estimate of drug-likeness (QED) is 0.586. The number of anilines is 2. The lowest BCUT2D eigenvalue weighted by Gasteiger charge is -2.08. The number of imide groups is 1. The first-order valence-corrected chi connectivity index (χ1v) is 4.35. The highest BCUT2D eigenvalue weighted by molar-refractivity contribution is 6.22. The van der Waals surface area contributed by atoms with Gasteiger partial charge in [-0.2, -0.15) is 4.98 Å². The van der Waals surface area contributed by atoms with Crippen LogP contribution in [0.15, 0.2) is 0 Å². The summed E-state index contributed by atoms with van der Waals surface area (Å²) in [6.45, 7) is 1.96. The third-order valence-electron chi connectivity index (χ3n) is 2.18. The van der Waals surface area contributed by atoms with Crippen LogP contribution in [-0.4, -0.2) is 33.2 Å². The molecule has 1 aromatic rings. The Morgan fingerprint density at radius 1 is 1.20 bits per heavy atom. The Bertz CT molecular complexity index is 470. The Hall–Kier alpha value is -2.18. The van der Waals surface area contributed by atoms with Crippen LogP contribution in [0.3, 0.4) is 0 Å². The maximum absolute atomic E-state index is 11.7. The molecule has 7 heteroatoms. The van der Waals surface area contributed by atoms with Gasteiger partial charge in [-0.05, 0) is 6.92 Å². The van der Waals surface area contributed by atoms with Crippen molar-refractivity contribution < 1.29 is 9.59 Å². The van der Waals surface area contributed by atoms with Gasteiger partial charge in [0, 0.05) is 6.54 Å². The summed E-state index contributed by atoms with van der Waals surface area (Å²) >= 11 is 0. The smallest absolute Gasteiger partial charge is 0.280 e. The Morgan fingerprint density at radius 2 is 1.87 bits per heavy atom. The topological polar surface area (TPSA) is 115 Å². The molecule has 0 spiro atoms. The molecule has 15 heavy (non-hydrogen) atoms. The molecule has 0 aliphatic carbocycles. The van der Waals surface area contributed by atoms with Gasteiger partial charge in [-0.3, -0.25) is 14.5 Å². The fraction of sp³-hybridized carbons (Fsp3) is 0.250. The zero-order chi connectivity index (χ0) is 11.2. The highest BCUT2D eigenvalue weighted by atomic mass is 16.2. The summed E-state index contributed by atoms with van der Waals surface area (Å²) in [6, 6.07) is 0. The van der Waals surface area contributed by atoms with E-state index in [-0.39, 0.29) is 29.6 Å². The van der Waals surface area contributed by atoms with Gasteiger partial charge in [0.2, 0.25) is 5.95 Å². The third-order valence-corrected chi connectivity index (χ3v) is 2.18. The van der Waals surface area contributed by atoms with Gasteiger partial charge in [0.15, 0.2) is 0 Å². The van der Waals surface area contributed by atoms with E-state index in [9.17, 15) is 9.59 Å². The number of nitrogens with two attached hydrogens (primary N) is 2. The molecular weight excluding hydrogens is 198 g/mol. The fourth-order valence-corrected chi connectivity index (χ4v) is 1.50. The summed E-state index contributed by atoms with van der Waals surface area (Å²) in [4.78, 5) is 31.7. The van der Waals surface area contributed by atoms with E-state index in [0.29, 0.717) is 0 Å². The summed E-state index contributed by atoms with van der Waals surface area (Å²) in [5.41, 5.74) is 10.9. The maximum Gasteiger partial charge on any atom is 0.280 e. The SMILES string of the molecule is CCN1C(=O)c2nc(N)nc(N)c2C1=O. The zero-order valence-corrected chi connectivity index (χ0v) is 8.02. The summed E-state index contributed by atoms with van der Waals surface area (Å²) in [6.07, 6.45) is 0. The van der Waals surface area contributed by atoms with E-state index in [1.54, 1.807) is 6.92 Å². The predicted molar refractivity (Wildman–Crippen MR) is 51.9 cm³/mol. The van der Waals surface area contributed by atoms with Crippen LogP contribution in [0.2, 0.25) is 0 Å². The molecule has 0 saturated carbocycles. The van der Waals surface area contributed by atoms with E-state index < -0.39 is 11.8 Å². The van der Waals surface area contributed by atoms with E-state index in [4.69, 9.17) is 11.5 Å². The molecule has 0 aromatic carbocycles. The molecule has 7 nitrogen and oxygen atoms in total. The molecule has 4 N–H and O–H groups in total. The lowest BCUT2D eigenvalue weighted by Crippen LogP contribution is -2.29. The van der Waals surface area contributed by atoms with Crippen molar-refractivity contribution >= 4 is 23.6 Å². The lowest BCUT2D eigenvalue weighted by molar-refractivity contribution is 0.0661. The monoisotopic (exact) mass is 207 g/mol. The molecule has 2 rings (SSSR count). The minimum Gasteiger partial charge on any atom is -0.383 e. The molecule has 0 saturated heterocycles. The van der Waals surface area contributed by atoms with Crippen molar-refractivity contribution in [2.45, 2.75) is 6.92 Å². The Kier molecular flexibility index (Phi) is 1.82. The van der Waals surface area contributed by atoms with Crippen molar-refractivity contribution in [3.63, 3.8) is 0 Å². The average Bonchev–Trinajstić information content (AvgIpc) is 2.39. The van der Waals surface area contributed by atoms with Gasteiger partial charge in [-0.1, -0.05) is 0 Å². The maximum atomic E-state index is 11.7. The van der Waals surface area contributed by atoms with Crippen LogP contribution in [0.5, 0.6) is 0 Å². The molecule has 0 radical (unpaired) electrons. The normalized spacial score (nSPS) is 14.6. The van der Waals surface area contributed by atoms with Crippen molar-refractivity contribution in [2.24, 2.45) is 0 Å². The first-order chi connectivity index (χ1) is 7.06.